The molecular weight excluding hydrogens is 347 g/mol. The van der Waals surface area contributed by atoms with Gasteiger partial charge in [-0.3, -0.25) is 0 Å². The van der Waals surface area contributed by atoms with E-state index in [1.165, 1.54) is 44.9 Å². The zero-order valence-corrected chi connectivity index (χ0v) is 19.5. The van der Waals surface area contributed by atoms with Crippen LogP contribution >= 0.6 is 0 Å². The van der Waals surface area contributed by atoms with Crippen molar-refractivity contribution in [3.05, 3.63) is 0 Å². The molecule has 0 saturated carbocycles. The molecule has 0 rings (SSSR count). The summed E-state index contributed by atoms with van der Waals surface area (Å²) in [6.45, 7) is 2.34. The second kappa shape index (κ2) is 19.6. The van der Waals surface area contributed by atoms with E-state index in [-0.39, 0.29) is 29.6 Å². The van der Waals surface area contributed by atoms with Gasteiger partial charge in [-0.1, -0.05) is 90.4 Å². The molecule has 6 heteroatoms. The minimum absolute atomic E-state index is 0. The van der Waals surface area contributed by atoms with Crippen LogP contribution in [0, 0.1) is 0 Å². The van der Waals surface area contributed by atoms with Gasteiger partial charge in [0.15, 0.2) is 0 Å². The van der Waals surface area contributed by atoms with Crippen LogP contribution in [0.4, 0.5) is 0 Å². The van der Waals surface area contributed by atoms with Crippen LogP contribution in [0.2, 0.25) is 0 Å². The van der Waals surface area contributed by atoms with Crippen molar-refractivity contribution in [3.8, 4) is 0 Å². The third-order valence-corrected chi connectivity index (χ3v) is 6.01. The average molecular weight is 387 g/mol. The molecule has 0 fully saturated rings. The minimum Gasteiger partial charge on any atom is -0.748 e. The molecule has 0 saturated heterocycles. The van der Waals surface area contributed by atoms with Crippen LogP contribution < -0.4 is 29.6 Å². The first-order chi connectivity index (χ1) is 11.5. The maximum Gasteiger partial charge on any atom is 1.00 e. The quantitative estimate of drug-likeness (QED) is 0.222. The SMILES string of the molecule is CCCCC(CCCCCCCCCCCCCCO)S(=O)(=O)[O-].[Na+]. The molecule has 0 aliphatic heterocycles. The Morgan fingerprint density at radius 1 is 0.720 bits per heavy atom. The first-order valence-corrected chi connectivity index (χ1v) is 11.5. The Hall–Kier alpha value is 0.870. The molecule has 0 amide bonds. The third-order valence-electron chi connectivity index (χ3n) is 4.72. The largest absolute Gasteiger partial charge is 1.00 e. The molecule has 0 radical (unpaired) electrons. The van der Waals surface area contributed by atoms with Crippen molar-refractivity contribution in [1.82, 2.24) is 0 Å². The molecule has 0 bridgehead atoms. The predicted molar refractivity (Wildman–Crippen MR) is 100 cm³/mol. The normalized spacial score (nSPS) is 12.8. The molecule has 25 heavy (non-hydrogen) atoms. The summed E-state index contributed by atoms with van der Waals surface area (Å²) >= 11 is 0. The average Bonchev–Trinajstić information content (AvgIpc) is 2.53. The van der Waals surface area contributed by atoms with Crippen molar-refractivity contribution >= 4 is 10.1 Å². The summed E-state index contributed by atoms with van der Waals surface area (Å²) in [5.41, 5.74) is 0. The molecule has 0 aromatic carbocycles. The summed E-state index contributed by atoms with van der Waals surface area (Å²) in [7, 11) is -4.12. The summed E-state index contributed by atoms with van der Waals surface area (Å²) in [4.78, 5) is 0. The van der Waals surface area contributed by atoms with Gasteiger partial charge in [-0.2, -0.15) is 0 Å². The van der Waals surface area contributed by atoms with Gasteiger partial charge in [-0.05, 0) is 19.3 Å². The van der Waals surface area contributed by atoms with Crippen molar-refractivity contribution in [2.45, 2.75) is 115 Å². The van der Waals surface area contributed by atoms with E-state index in [1.54, 1.807) is 0 Å². The van der Waals surface area contributed by atoms with Crippen LogP contribution in [0.3, 0.4) is 0 Å². The Labute approximate surface area is 178 Å². The molecule has 4 nitrogen and oxygen atoms in total. The first-order valence-electron chi connectivity index (χ1n) is 10.1. The van der Waals surface area contributed by atoms with E-state index in [4.69, 9.17) is 5.11 Å². The molecule has 0 spiro atoms. The monoisotopic (exact) mass is 386 g/mol. The molecule has 1 N–H and O–H groups in total. The zero-order chi connectivity index (χ0) is 18.1. The Bertz CT molecular complexity index is 360. The minimum atomic E-state index is -4.12. The van der Waals surface area contributed by atoms with Crippen LogP contribution in [0.5, 0.6) is 0 Å². The topological polar surface area (TPSA) is 77.4 Å². The van der Waals surface area contributed by atoms with Gasteiger partial charge in [0, 0.05) is 11.9 Å². The number of aliphatic hydroxyl groups is 1. The molecule has 1 unspecified atom stereocenters. The van der Waals surface area contributed by atoms with Crippen LogP contribution in [0.25, 0.3) is 0 Å². The van der Waals surface area contributed by atoms with Crippen molar-refractivity contribution < 1.29 is 47.6 Å². The van der Waals surface area contributed by atoms with Crippen LogP contribution in [0.15, 0.2) is 0 Å². The van der Waals surface area contributed by atoms with Crippen molar-refractivity contribution in [1.29, 1.82) is 0 Å². The van der Waals surface area contributed by atoms with E-state index in [0.29, 0.717) is 19.4 Å². The number of hydrogen-bond donors (Lipinski definition) is 1. The summed E-state index contributed by atoms with van der Waals surface area (Å²) in [5.74, 6) is 0. The van der Waals surface area contributed by atoms with Crippen molar-refractivity contribution in [3.63, 3.8) is 0 Å². The van der Waals surface area contributed by atoms with Gasteiger partial charge >= 0.3 is 29.6 Å². The standard InChI is InChI=1S/C19H40O4S.Na/c1-2-3-16-19(24(21,22)23)17-14-12-10-8-6-4-5-7-9-11-13-15-18-20;/h19-20H,2-18H2,1H3,(H,21,22,23);/q;+1/p-1. The van der Waals surface area contributed by atoms with E-state index >= 15 is 0 Å². The van der Waals surface area contributed by atoms with Gasteiger partial charge < -0.3 is 9.66 Å². The number of hydrogen-bond acceptors (Lipinski definition) is 4. The maximum absolute atomic E-state index is 11.2. The van der Waals surface area contributed by atoms with E-state index in [2.05, 4.69) is 0 Å². The van der Waals surface area contributed by atoms with Gasteiger partial charge in [0.2, 0.25) is 0 Å². The van der Waals surface area contributed by atoms with Crippen LogP contribution in [-0.2, 0) is 10.1 Å². The van der Waals surface area contributed by atoms with Gasteiger partial charge in [0.25, 0.3) is 0 Å². The fraction of sp³-hybridized carbons (Fsp3) is 1.00. The molecule has 0 aromatic rings. The van der Waals surface area contributed by atoms with E-state index in [9.17, 15) is 13.0 Å². The number of aliphatic hydroxyl groups excluding tert-OH is 1. The summed E-state index contributed by atoms with van der Waals surface area (Å²) in [6.07, 6.45) is 16.8. The molecule has 0 aliphatic carbocycles. The fourth-order valence-electron chi connectivity index (χ4n) is 3.12. The van der Waals surface area contributed by atoms with Gasteiger partial charge in [0.1, 0.15) is 0 Å². The second-order valence-electron chi connectivity index (χ2n) is 7.01. The van der Waals surface area contributed by atoms with Gasteiger partial charge in [-0.15, -0.1) is 0 Å². The molecule has 1 atom stereocenters. The predicted octanol–water partition coefficient (Wildman–Crippen LogP) is 2.16. The van der Waals surface area contributed by atoms with Crippen molar-refractivity contribution in [2.75, 3.05) is 6.61 Å². The maximum atomic E-state index is 11.2. The molecule has 146 valence electrons. The van der Waals surface area contributed by atoms with E-state index in [1.807, 2.05) is 6.92 Å². The molecule has 0 heterocycles. The van der Waals surface area contributed by atoms with Crippen LogP contribution in [0.1, 0.15) is 110 Å². The number of unbranched alkanes of at least 4 members (excludes halogenated alkanes) is 12. The smallest absolute Gasteiger partial charge is 0.748 e. The number of rotatable bonds is 18. The molecule has 0 aromatic heterocycles. The summed E-state index contributed by atoms with van der Waals surface area (Å²) < 4.78 is 33.7. The Morgan fingerprint density at radius 3 is 1.44 bits per heavy atom. The van der Waals surface area contributed by atoms with E-state index < -0.39 is 15.4 Å². The first kappa shape index (κ1) is 28.1. The van der Waals surface area contributed by atoms with Gasteiger partial charge in [0.05, 0.1) is 10.1 Å². The van der Waals surface area contributed by atoms with E-state index in [0.717, 1.165) is 44.9 Å². The Kier molecular flexibility index (Phi) is 22.0. The Morgan fingerprint density at radius 2 is 1.08 bits per heavy atom. The zero-order valence-electron chi connectivity index (χ0n) is 16.7. The second-order valence-corrected chi connectivity index (χ2v) is 8.66. The van der Waals surface area contributed by atoms with Crippen molar-refractivity contribution in [2.24, 2.45) is 0 Å². The molecule has 0 aliphatic rings. The van der Waals surface area contributed by atoms with Crippen LogP contribution in [-0.4, -0.2) is 29.9 Å². The van der Waals surface area contributed by atoms with Gasteiger partial charge in [-0.25, -0.2) is 8.42 Å². The Balaban J connectivity index is 0. The molecular formula is C19H39NaO4S. The fourth-order valence-corrected chi connectivity index (χ4v) is 4.03. The summed E-state index contributed by atoms with van der Waals surface area (Å²) in [5, 5.41) is 8.03. The third kappa shape index (κ3) is 19.4. The summed E-state index contributed by atoms with van der Waals surface area (Å²) in [6, 6.07) is 0.